The number of hydrogen-bond donors (Lipinski definition) is 1. The Morgan fingerprint density at radius 2 is 1.97 bits per heavy atom. The predicted octanol–water partition coefficient (Wildman–Crippen LogP) is 3.95. The van der Waals surface area contributed by atoms with Crippen LogP contribution in [0.5, 0.6) is 5.75 Å². The van der Waals surface area contributed by atoms with Gasteiger partial charge in [0.15, 0.2) is 0 Å². The highest BCUT2D eigenvalue weighted by Gasteiger charge is 2.44. The molecule has 2 heterocycles. The zero-order chi connectivity index (χ0) is 23.3. The number of rotatable bonds is 7. The van der Waals surface area contributed by atoms with E-state index in [-0.39, 0.29) is 11.8 Å². The van der Waals surface area contributed by atoms with Gasteiger partial charge in [0.2, 0.25) is 5.91 Å². The number of nitrogens with one attached hydrogen (secondary N) is 1. The smallest absolute Gasteiger partial charge is 0.254 e. The van der Waals surface area contributed by atoms with Crippen molar-refractivity contribution in [2.24, 2.45) is 5.41 Å². The van der Waals surface area contributed by atoms with Crippen LogP contribution in [0.15, 0.2) is 65.2 Å². The first-order chi connectivity index (χ1) is 16.0. The Kier molecular flexibility index (Phi) is 6.77. The molecule has 0 saturated carbocycles. The highest BCUT2D eigenvalue weighted by molar-refractivity contribution is 5.95. The number of hydrogen-bond acceptors (Lipinski definition) is 5. The number of amides is 2. The summed E-state index contributed by atoms with van der Waals surface area (Å²) < 4.78 is 10.9. The number of methoxy groups -OCH3 is 1. The maximum atomic E-state index is 13.3. The minimum Gasteiger partial charge on any atom is -0.497 e. The highest BCUT2D eigenvalue weighted by Crippen LogP contribution is 2.36. The number of ether oxygens (including phenoxy) is 1. The zero-order valence-electron chi connectivity index (χ0n) is 19.0. The molecule has 1 aromatic heterocycles. The van der Waals surface area contributed by atoms with Gasteiger partial charge in [0.25, 0.3) is 5.91 Å². The van der Waals surface area contributed by atoms with Crippen LogP contribution in [0.25, 0.3) is 11.3 Å². The minimum atomic E-state index is -0.781. The summed E-state index contributed by atoms with van der Waals surface area (Å²) in [7, 11) is 1.58. The molecule has 0 unspecified atom stereocenters. The molecule has 7 heteroatoms. The average molecular weight is 448 g/mol. The Morgan fingerprint density at radius 1 is 1.15 bits per heavy atom. The van der Waals surface area contributed by atoms with Crippen molar-refractivity contribution in [3.8, 4) is 17.0 Å². The summed E-state index contributed by atoms with van der Waals surface area (Å²) >= 11 is 0. The van der Waals surface area contributed by atoms with Crippen LogP contribution in [-0.4, -0.2) is 48.6 Å². The van der Waals surface area contributed by atoms with Crippen molar-refractivity contribution in [1.82, 2.24) is 15.4 Å². The molecule has 1 N–H and O–H groups in total. The van der Waals surface area contributed by atoms with Gasteiger partial charge in [0, 0.05) is 43.2 Å². The van der Waals surface area contributed by atoms with E-state index in [2.05, 4.69) is 10.5 Å². The van der Waals surface area contributed by atoms with E-state index in [4.69, 9.17) is 9.26 Å². The molecule has 1 saturated heterocycles. The molecule has 4 rings (SSSR count). The number of carbonyl (C=O) groups excluding carboxylic acids is 2. The van der Waals surface area contributed by atoms with Crippen LogP contribution >= 0.6 is 0 Å². The van der Waals surface area contributed by atoms with E-state index in [1.807, 2.05) is 43.3 Å². The van der Waals surface area contributed by atoms with Crippen molar-refractivity contribution in [2.75, 3.05) is 26.7 Å². The Bertz CT molecular complexity index is 1110. The van der Waals surface area contributed by atoms with Gasteiger partial charge in [-0.15, -0.1) is 0 Å². The van der Waals surface area contributed by atoms with Crippen molar-refractivity contribution >= 4 is 11.8 Å². The molecule has 33 heavy (non-hydrogen) atoms. The fourth-order valence-corrected chi connectivity index (χ4v) is 4.48. The lowest BCUT2D eigenvalue weighted by Gasteiger charge is -2.41. The second-order valence-electron chi connectivity index (χ2n) is 8.42. The number of nitrogens with zero attached hydrogens (tertiary/aromatic N) is 2. The first-order valence-corrected chi connectivity index (χ1v) is 11.3. The molecule has 2 amide bonds. The normalized spacial score (nSPS) is 18.1. The van der Waals surface area contributed by atoms with Gasteiger partial charge in [-0.3, -0.25) is 9.59 Å². The summed E-state index contributed by atoms with van der Waals surface area (Å²) in [5.41, 5.74) is 1.46. The fraction of sp³-hybridized carbons (Fsp3) is 0.346. The van der Waals surface area contributed by atoms with E-state index in [0.29, 0.717) is 49.5 Å². The second-order valence-corrected chi connectivity index (χ2v) is 8.42. The van der Waals surface area contributed by atoms with Gasteiger partial charge in [-0.25, -0.2) is 0 Å². The maximum absolute atomic E-state index is 13.3. The van der Waals surface area contributed by atoms with E-state index in [1.165, 1.54) is 0 Å². The van der Waals surface area contributed by atoms with Crippen LogP contribution in [0.4, 0.5) is 0 Å². The van der Waals surface area contributed by atoms with Crippen LogP contribution < -0.4 is 10.1 Å². The van der Waals surface area contributed by atoms with Crippen molar-refractivity contribution in [3.63, 3.8) is 0 Å². The molecular formula is C26H29N3O4. The standard InChI is InChI=1S/C26H29N3O4/c1-3-27-25(31)26(17-22-16-23(28-33-22)19-9-5-4-6-10-19)13-8-14-29(18-26)24(30)20-11-7-12-21(15-20)32-2/h4-7,9-12,15-16H,3,8,13-14,17-18H2,1-2H3,(H,27,31)/t26-/m1/s1. The molecule has 1 aliphatic heterocycles. The van der Waals surface area contributed by atoms with E-state index < -0.39 is 5.41 Å². The highest BCUT2D eigenvalue weighted by atomic mass is 16.5. The van der Waals surface area contributed by atoms with E-state index >= 15 is 0 Å². The zero-order valence-corrected chi connectivity index (χ0v) is 19.0. The van der Waals surface area contributed by atoms with E-state index in [0.717, 1.165) is 17.7 Å². The number of likely N-dealkylation sites (tertiary alicyclic amines) is 1. The third kappa shape index (κ3) is 4.92. The minimum absolute atomic E-state index is 0.0641. The lowest BCUT2D eigenvalue weighted by Crippen LogP contribution is -2.54. The van der Waals surface area contributed by atoms with Crippen molar-refractivity contribution in [2.45, 2.75) is 26.2 Å². The maximum Gasteiger partial charge on any atom is 0.254 e. The van der Waals surface area contributed by atoms with Crippen LogP contribution in [-0.2, 0) is 11.2 Å². The number of piperidine rings is 1. The van der Waals surface area contributed by atoms with Gasteiger partial charge < -0.3 is 19.5 Å². The van der Waals surface area contributed by atoms with Gasteiger partial charge >= 0.3 is 0 Å². The number of aromatic nitrogens is 1. The van der Waals surface area contributed by atoms with E-state index in [1.54, 1.807) is 36.3 Å². The molecule has 2 aromatic carbocycles. The summed E-state index contributed by atoms with van der Waals surface area (Å²) in [4.78, 5) is 28.3. The van der Waals surface area contributed by atoms with Gasteiger partial charge in [-0.05, 0) is 38.0 Å². The molecule has 1 atom stereocenters. The Labute approximate surface area is 193 Å². The lowest BCUT2D eigenvalue weighted by molar-refractivity contribution is -0.133. The molecule has 0 radical (unpaired) electrons. The van der Waals surface area contributed by atoms with E-state index in [9.17, 15) is 9.59 Å². The molecule has 0 aliphatic carbocycles. The van der Waals surface area contributed by atoms with Crippen LogP contribution in [0.1, 0.15) is 35.9 Å². The summed E-state index contributed by atoms with van der Waals surface area (Å²) in [5, 5.41) is 7.18. The van der Waals surface area contributed by atoms with Gasteiger partial charge in [0.1, 0.15) is 17.2 Å². The quantitative estimate of drug-likeness (QED) is 0.593. The molecule has 0 spiro atoms. The van der Waals surface area contributed by atoms with Crippen LogP contribution in [0, 0.1) is 5.41 Å². The number of benzene rings is 2. The average Bonchev–Trinajstić information content (AvgIpc) is 3.32. The third-order valence-electron chi connectivity index (χ3n) is 6.14. The largest absolute Gasteiger partial charge is 0.497 e. The topological polar surface area (TPSA) is 84.7 Å². The summed E-state index contributed by atoms with van der Waals surface area (Å²) in [6.45, 7) is 3.34. The van der Waals surface area contributed by atoms with Crippen molar-refractivity contribution in [3.05, 3.63) is 72.0 Å². The SMILES string of the molecule is CCNC(=O)[C@@]1(Cc2cc(-c3ccccc3)no2)CCCN(C(=O)c2cccc(OC)c2)C1. The summed E-state index contributed by atoms with van der Waals surface area (Å²) in [6, 6.07) is 18.8. The molecule has 7 nitrogen and oxygen atoms in total. The molecule has 3 aromatic rings. The van der Waals surface area contributed by atoms with Gasteiger partial charge in [-0.2, -0.15) is 0 Å². The fourth-order valence-electron chi connectivity index (χ4n) is 4.48. The first kappa shape index (κ1) is 22.6. The number of carbonyl (C=O) groups is 2. The molecule has 0 bridgehead atoms. The summed E-state index contributed by atoms with van der Waals surface area (Å²) in [6.07, 6.45) is 1.77. The lowest BCUT2D eigenvalue weighted by atomic mass is 9.75. The van der Waals surface area contributed by atoms with Crippen molar-refractivity contribution < 1.29 is 18.8 Å². The van der Waals surface area contributed by atoms with Gasteiger partial charge in [0.05, 0.1) is 12.5 Å². The predicted molar refractivity (Wildman–Crippen MR) is 125 cm³/mol. The van der Waals surface area contributed by atoms with Gasteiger partial charge in [-0.1, -0.05) is 41.6 Å². The Hall–Kier alpha value is -3.61. The molecular weight excluding hydrogens is 418 g/mol. The Morgan fingerprint density at radius 3 is 2.73 bits per heavy atom. The van der Waals surface area contributed by atoms with Crippen LogP contribution in [0.2, 0.25) is 0 Å². The molecule has 1 fully saturated rings. The first-order valence-electron chi connectivity index (χ1n) is 11.3. The monoisotopic (exact) mass is 447 g/mol. The Balaban J connectivity index is 1.59. The third-order valence-corrected chi connectivity index (χ3v) is 6.14. The molecule has 1 aliphatic rings. The second kappa shape index (κ2) is 9.90. The van der Waals surface area contributed by atoms with Crippen LogP contribution in [0.3, 0.4) is 0 Å². The van der Waals surface area contributed by atoms with Crippen molar-refractivity contribution in [1.29, 1.82) is 0 Å². The molecule has 172 valence electrons. The summed E-state index contributed by atoms with van der Waals surface area (Å²) in [5.74, 6) is 1.09.